The van der Waals surface area contributed by atoms with Gasteiger partial charge in [-0.3, -0.25) is 9.48 Å². The van der Waals surface area contributed by atoms with Gasteiger partial charge in [-0.25, -0.2) is 15.0 Å². The summed E-state index contributed by atoms with van der Waals surface area (Å²) in [6.45, 7) is -0.292. The Labute approximate surface area is 210 Å². The third-order valence-corrected chi connectivity index (χ3v) is 6.60. The van der Waals surface area contributed by atoms with Gasteiger partial charge in [-0.05, 0) is 20.0 Å². The van der Waals surface area contributed by atoms with Gasteiger partial charge in [0.15, 0.2) is 17.0 Å². The lowest BCUT2D eigenvalue weighted by atomic mass is 9.85. The van der Waals surface area contributed by atoms with Gasteiger partial charge in [0, 0.05) is 37.0 Å². The summed E-state index contributed by atoms with van der Waals surface area (Å²) in [5.41, 5.74) is 0.702. The summed E-state index contributed by atoms with van der Waals surface area (Å²) in [7, 11) is 4.67. The fourth-order valence-electron chi connectivity index (χ4n) is 4.65. The molecule has 5 rings (SSSR count). The largest absolute Gasteiger partial charge is 0.493 e. The van der Waals surface area contributed by atoms with Crippen molar-refractivity contribution in [2.24, 2.45) is 12.5 Å². The summed E-state index contributed by atoms with van der Waals surface area (Å²) in [5.74, 6) is -1.23. The van der Waals surface area contributed by atoms with Crippen molar-refractivity contribution >= 4 is 22.8 Å². The van der Waals surface area contributed by atoms with E-state index >= 15 is 0 Å². The Morgan fingerprint density at radius 1 is 1.14 bits per heavy atom. The number of hydrogen-bond acceptors (Lipinski definition) is 7. The summed E-state index contributed by atoms with van der Waals surface area (Å²) < 4.78 is 49.3. The second-order valence-electron chi connectivity index (χ2n) is 9.08. The van der Waals surface area contributed by atoms with Crippen LogP contribution in [0.3, 0.4) is 0 Å². The number of rotatable bonds is 5. The first-order chi connectivity index (χ1) is 17.6. The van der Waals surface area contributed by atoms with Crippen LogP contribution in [0.25, 0.3) is 33.5 Å². The zero-order valence-corrected chi connectivity index (χ0v) is 20.4. The Hall–Kier alpha value is -4.06. The van der Waals surface area contributed by atoms with Crippen LogP contribution in [0, 0.1) is 5.41 Å². The molecular weight excluding hydrogens is 487 g/mol. The minimum Gasteiger partial charge on any atom is -0.493 e. The van der Waals surface area contributed by atoms with E-state index in [4.69, 9.17) is 4.74 Å². The molecule has 1 atom stereocenters. The number of hydrogen-bond donors (Lipinski definition) is 1. The average molecular weight is 512 g/mol. The lowest BCUT2D eigenvalue weighted by Crippen LogP contribution is -2.49. The summed E-state index contributed by atoms with van der Waals surface area (Å²) in [4.78, 5) is 27.8. The zero-order valence-electron chi connectivity index (χ0n) is 20.4. The zero-order chi connectivity index (χ0) is 26.4. The summed E-state index contributed by atoms with van der Waals surface area (Å²) in [6, 6.07) is 11.0. The molecule has 1 saturated heterocycles. The number of ether oxygens (including phenoxy) is 1. The Morgan fingerprint density at radius 2 is 1.89 bits per heavy atom. The van der Waals surface area contributed by atoms with Crippen molar-refractivity contribution in [1.82, 2.24) is 29.6 Å². The van der Waals surface area contributed by atoms with Crippen molar-refractivity contribution < 1.29 is 22.7 Å². The molecule has 192 valence electrons. The topological polar surface area (TPSA) is 98.1 Å². The van der Waals surface area contributed by atoms with E-state index in [1.807, 2.05) is 30.3 Å². The second kappa shape index (κ2) is 9.11. The third-order valence-electron chi connectivity index (χ3n) is 6.60. The van der Waals surface area contributed by atoms with E-state index in [2.05, 4.69) is 25.4 Å². The molecule has 1 N–H and O–H groups in total. The molecule has 0 aliphatic carbocycles. The second-order valence-corrected chi connectivity index (χ2v) is 9.08. The monoisotopic (exact) mass is 511 g/mol. The Morgan fingerprint density at radius 3 is 2.54 bits per heavy atom. The number of likely N-dealkylation sites (tertiary alicyclic amines) is 1. The predicted molar refractivity (Wildman–Crippen MR) is 131 cm³/mol. The molecule has 4 aromatic rings. The number of amides is 1. The number of carbonyl (C=O) groups excluding carboxylic acids is 1. The van der Waals surface area contributed by atoms with Crippen LogP contribution in [0.4, 0.5) is 19.0 Å². The van der Waals surface area contributed by atoms with E-state index in [0.29, 0.717) is 22.5 Å². The first-order valence-corrected chi connectivity index (χ1v) is 11.5. The molecule has 9 nitrogen and oxygen atoms in total. The number of benzene rings is 1. The standard InChI is InChI=1S/C25H24F3N7O2/c1-34-10-9-24(13-34,25(26,27)28)23(36)32-22-18(37-3)11-17-21(31-22)20(30-14-29-17)16-12-35(2)33-19(16)15-7-5-4-6-8-15/h4-8,11-12,14H,9-10,13H2,1-3H3,(H,31,32,36)/t24-/m1/s1. The van der Waals surface area contributed by atoms with E-state index in [1.165, 1.54) is 24.4 Å². The Bertz CT molecular complexity index is 1470. The van der Waals surface area contributed by atoms with Crippen LogP contribution in [0.5, 0.6) is 5.75 Å². The maximum Gasteiger partial charge on any atom is 0.404 e. The van der Waals surface area contributed by atoms with E-state index in [9.17, 15) is 18.0 Å². The van der Waals surface area contributed by atoms with Gasteiger partial charge in [-0.15, -0.1) is 0 Å². The van der Waals surface area contributed by atoms with Crippen LogP contribution >= 0.6 is 0 Å². The summed E-state index contributed by atoms with van der Waals surface area (Å²) in [6.07, 6.45) is -1.94. The molecule has 1 aliphatic heterocycles. The van der Waals surface area contributed by atoms with Crippen molar-refractivity contribution in [2.75, 3.05) is 32.6 Å². The van der Waals surface area contributed by atoms with Crippen LogP contribution in [-0.4, -0.2) is 69.0 Å². The molecule has 0 saturated carbocycles. The molecule has 37 heavy (non-hydrogen) atoms. The number of aryl methyl sites for hydroxylation is 1. The SMILES string of the molecule is COc1cc2ncnc(-c3cn(C)nc3-c3ccccc3)c2nc1NC(=O)[C@@]1(C(F)(F)F)CCN(C)C1. The van der Waals surface area contributed by atoms with Gasteiger partial charge in [0.05, 0.1) is 12.6 Å². The fraction of sp³-hybridized carbons (Fsp3) is 0.320. The molecule has 0 unspecified atom stereocenters. The highest BCUT2D eigenvalue weighted by Gasteiger charge is 2.62. The van der Waals surface area contributed by atoms with Crippen LogP contribution in [-0.2, 0) is 11.8 Å². The average Bonchev–Trinajstić information content (AvgIpc) is 3.47. The number of alkyl halides is 3. The normalized spacial score (nSPS) is 18.3. The first kappa shape index (κ1) is 24.6. The van der Waals surface area contributed by atoms with E-state index in [0.717, 1.165) is 5.56 Å². The lowest BCUT2D eigenvalue weighted by molar-refractivity contribution is -0.214. The molecule has 0 radical (unpaired) electrons. The highest BCUT2D eigenvalue weighted by Crippen LogP contribution is 2.46. The molecule has 1 aromatic carbocycles. The van der Waals surface area contributed by atoms with E-state index in [-0.39, 0.29) is 30.0 Å². The fourth-order valence-corrected chi connectivity index (χ4v) is 4.65. The summed E-state index contributed by atoms with van der Waals surface area (Å²) >= 11 is 0. The number of fused-ring (bicyclic) bond motifs is 1. The van der Waals surface area contributed by atoms with Crippen molar-refractivity contribution in [3.63, 3.8) is 0 Å². The van der Waals surface area contributed by atoms with Crippen LogP contribution < -0.4 is 10.1 Å². The molecule has 4 heterocycles. The number of methoxy groups -OCH3 is 1. The molecule has 3 aromatic heterocycles. The molecule has 0 bridgehead atoms. The highest BCUT2D eigenvalue weighted by molar-refractivity contribution is 6.00. The van der Waals surface area contributed by atoms with E-state index in [1.54, 1.807) is 25.0 Å². The highest BCUT2D eigenvalue weighted by atomic mass is 19.4. The molecule has 1 amide bonds. The third kappa shape index (κ3) is 4.26. The summed E-state index contributed by atoms with van der Waals surface area (Å²) in [5, 5.41) is 6.96. The van der Waals surface area contributed by atoms with Crippen LogP contribution in [0.1, 0.15) is 6.42 Å². The molecule has 0 spiro atoms. The minimum absolute atomic E-state index is 0.0867. The maximum absolute atomic E-state index is 14.1. The van der Waals surface area contributed by atoms with Gasteiger partial charge in [-0.2, -0.15) is 18.3 Å². The lowest BCUT2D eigenvalue weighted by Gasteiger charge is -2.30. The van der Waals surface area contributed by atoms with Gasteiger partial charge in [0.25, 0.3) is 0 Å². The van der Waals surface area contributed by atoms with Crippen molar-refractivity contribution in [3.05, 3.63) is 48.9 Å². The predicted octanol–water partition coefficient (Wildman–Crippen LogP) is 3.92. The van der Waals surface area contributed by atoms with Crippen LogP contribution in [0.2, 0.25) is 0 Å². The number of halogens is 3. The molecule has 1 fully saturated rings. The van der Waals surface area contributed by atoms with Gasteiger partial charge >= 0.3 is 6.18 Å². The Balaban J connectivity index is 1.62. The molecule has 1 aliphatic rings. The van der Waals surface area contributed by atoms with Gasteiger partial charge < -0.3 is 15.0 Å². The van der Waals surface area contributed by atoms with Crippen molar-refractivity contribution in [1.29, 1.82) is 0 Å². The molecular formula is C25H24F3N7O2. The minimum atomic E-state index is -4.74. The number of pyridine rings is 1. The maximum atomic E-state index is 14.1. The van der Waals surface area contributed by atoms with Crippen molar-refractivity contribution in [3.8, 4) is 28.3 Å². The number of nitrogens with one attached hydrogen (secondary N) is 1. The number of nitrogens with zero attached hydrogens (tertiary/aromatic N) is 6. The van der Waals surface area contributed by atoms with Gasteiger partial charge in [0.1, 0.15) is 23.2 Å². The number of carbonyl (C=O) groups is 1. The molecule has 12 heteroatoms. The Kier molecular flexibility index (Phi) is 6.06. The first-order valence-electron chi connectivity index (χ1n) is 11.5. The smallest absolute Gasteiger partial charge is 0.404 e. The van der Waals surface area contributed by atoms with Gasteiger partial charge in [0.2, 0.25) is 5.91 Å². The van der Waals surface area contributed by atoms with E-state index < -0.39 is 24.0 Å². The number of aromatic nitrogens is 5. The van der Waals surface area contributed by atoms with Crippen LogP contribution in [0.15, 0.2) is 48.9 Å². The number of anilines is 1. The van der Waals surface area contributed by atoms with Crippen molar-refractivity contribution in [2.45, 2.75) is 12.6 Å². The van der Waals surface area contributed by atoms with Gasteiger partial charge in [-0.1, -0.05) is 30.3 Å². The quantitative estimate of drug-likeness (QED) is 0.434.